The zero-order valence-corrected chi connectivity index (χ0v) is 16.7. The van der Waals surface area contributed by atoms with E-state index in [1.807, 2.05) is 32.3 Å². The summed E-state index contributed by atoms with van der Waals surface area (Å²) in [5, 5.41) is 9.72. The molecule has 9 heteroatoms. The van der Waals surface area contributed by atoms with E-state index in [2.05, 4.69) is 20.3 Å². The van der Waals surface area contributed by atoms with E-state index in [4.69, 9.17) is 9.15 Å². The van der Waals surface area contributed by atoms with Gasteiger partial charge in [0.2, 0.25) is 0 Å². The number of morpholine rings is 1. The second-order valence-electron chi connectivity index (χ2n) is 6.76. The van der Waals surface area contributed by atoms with Gasteiger partial charge in [0.1, 0.15) is 22.2 Å². The zero-order valence-electron chi connectivity index (χ0n) is 15.9. The quantitative estimate of drug-likeness (QED) is 0.682. The molecule has 0 aromatic carbocycles. The third-order valence-corrected chi connectivity index (χ3v) is 5.61. The summed E-state index contributed by atoms with van der Waals surface area (Å²) in [6.07, 6.45) is 3.63. The van der Waals surface area contributed by atoms with Crippen LogP contribution < -0.4 is 5.32 Å². The van der Waals surface area contributed by atoms with Crippen LogP contribution in [0.2, 0.25) is 0 Å². The first-order valence-corrected chi connectivity index (χ1v) is 10.1. The maximum absolute atomic E-state index is 12.7. The molecule has 8 nitrogen and oxygen atoms in total. The standard InChI is InChI=1S/C19H23N5O3S/c1-13-3-4-17(27-13)16(24-5-7-26-8-6-24)10-20-18(25)15-12-28-19(22-15)14-9-21-23(2)11-14/h3-4,9,11-12,16H,5-8,10H2,1-2H3,(H,20,25). The molecular weight excluding hydrogens is 378 g/mol. The van der Waals surface area contributed by atoms with Crippen LogP contribution in [-0.4, -0.2) is 58.4 Å². The topological polar surface area (TPSA) is 85.4 Å². The van der Waals surface area contributed by atoms with Gasteiger partial charge in [-0.25, -0.2) is 4.98 Å². The number of aromatic nitrogens is 3. The largest absolute Gasteiger partial charge is 0.465 e. The van der Waals surface area contributed by atoms with E-state index < -0.39 is 0 Å². The lowest BCUT2D eigenvalue weighted by atomic mass is 10.1. The number of nitrogens with zero attached hydrogens (tertiary/aromatic N) is 4. The van der Waals surface area contributed by atoms with Gasteiger partial charge in [-0.2, -0.15) is 5.10 Å². The molecule has 0 bridgehead atoms. The molecule has 0 saturated carbocycles. The van der Waals surface area contributed by atoms with Crippen LogP contribution in [0.1, 0.15) is 28.1 Å². The minimum atomic E-state index is -0.187. The molecule has 3 aromatic rings. The Morgan fingerprint density at radius 3 is 2.86 bits per heavy atom. The van der Waals surface area contributed by atoms with Gasteiger partial charge in [-0.1, -0.05) is 0 Å². The molecule has 4 heterocycles. The fourth-order valence-electron chi connectivity index (χ4n) is 3.25. The number of carbonyl (C=O) groups excluding carboxylic acids is 1. The van der Waals surface area contributed by atoms with Crippen LogP contribution in [0.15, 0.2) is 34.3 Å². The fraction of sp³-hybridized carbons (Fsp3) is 0.421. The molecule has 1 unspecified atom stereocenters. The molecule has 148 valence electrons. The molecule has 1 saturated heterocycles. The number of nitrogens with one attached hydrogen (secondary N) is 1. The molecule has 1 N–H and O–H groups in total. The van der Waals surface area contributed by atoms with E-state index in [-0.39, 0.29) is 11.9 Å². The van der Waals surface area contributed by atoms with Crippen LogP contribution in [0.5, 0.6) is 0 Å². The van der Waals surface area contributed by atoms with E-state index in [9.17, 15) is 4.79 Å². The number of hydrogen-bond donors (Lipinski definition) is 1. The van der Waals surface area contributed by atoms with Crippen molar-refractivity contribution in [3.8, 4) is 10.6 Å². The molecule has 0 radical (unpaired) electrons. The molecule has 1 atom stereocenters. The Kier molecular flexibility index (Phi) is 5.56. The lowest BCUT2D eigenvalue weighted by Crippen LogP contribution is -2.43. The van der Waals surface area contributed by atoms with E-state index in [0.717, 1.165) is 35.2 Å². The van der Waals surface area contributed by atoms with E-state index in [1.54, 1.807) is 16.3 Å². The Hall–Kier alpha value is -2.49. The number of carbonyl (C=O) groups is 1. The van der Waals surface area contributed by atoms with Crippen molar-refractivity contribution in [2.45, 2.75) is 13.0 Å². The predicted octanol–water partition coefficient (Wildman–Crippen LogP) is 2.25. The average molecular weight is 401 g/mol. The summed E-state index contributed by atoms with van der Waals surface area (Å²) < 4.78 is 13.0. The maximum atomic E-state index is 12.7. The van der Waals surface area contributed by atoms with E-state index >= 15 is 0 Å². The van der Waals surface area contributed by atoms with Gasteiger partial charge < -0.3 is 14.5 Å². The highest BCUT2D eigenvalue weighted by Gasteiger charge is 2.26. The minimum Gasteiger partial charge on any atom is -0.465 e. The van der Waals surface area contributed by atoms with Gasteiger partial charge in [0.25, 0.3) is 5.91 Å². The van der Waals surface area contributed by atoms with Gasteiger partial charge in [-0.05, 0) is 19.1 Å². The first-order valence-electron chi connectivity index (χ1n) is 9.21. The van der Waals surface area contributed by atoms with Crippen molar-refractivity contribution in [1.82, 2.24) is 25.0 Å². The van der Waals surface area contributed by atoms with Crippen LogP contribution in [-0.2, 0) is 11.8 Å². The highest BCUT2D eigenvalue weighted by atomic mass is 32.1. The molecule has 3 aromatic heterocycles. The molecule has 0 spiro atoms. The maximum Gasteiger partial charge on any atom is 0.270 e. The van der Waals surface area contributed by atoms with Crippen LogP contribution in [0.3, 0.4) is 0 Å². The number of aryl methyl sites for hydroxylation is 2. The summed E-state index contributed by atoms with van der Waals surface area (Å²) >= 11 is 1.44. The molecule has 28 heavy (non-hydrogen) atoms. The Balaban J connectivity index is 1.44. The highest BCUT2D eigenvalue weighted by molar-refractivity contribution is 7.13. The molecular formula is C19H23N5O3S. The van der Waals surface area contributed by atoms with E-state index in [0.29, 0.717) is 25.5 Å². The van der Waals surface area contributed by atoms with Gasteiger partial charge in [0.05, 0.1) is 25.5 Å². The third-order valence-electron chi connectivity index (χ3n) is 4.72. The molecule has 0 aliphatic carbocycles. The number of furan rings is 1. The van der Waals surface area contributed by atoms with E-state index in [1.165, 1.54) is 11.3 Å². The van der Waals surface area contributed by atoms with Crippen molar-refractivity contribution in [3.63, 3.8) is 0 Å². The van der Waals surface area contributed by atoms with Gasteiger partial charge >= 0.3 is 0 Å². The van der Waals surface area contributed by atoms with Crippen molar-refractivity contribution in [1.29, 1.82) is 0 Å². The highest BCUT2D eigenvalue weighted by Crippen LogP contribution is 2.25. The molecule has 1 aliphatic rings. The zero-order chi connectivity index (χ0) is 19.5. The fourth-order valence-corrected chi connectivity index (χ4v) is 4.03. The van der Waals surface area contributed by atoms with Crippen LogP contribution in [0.4, 0.5) is 0 Å². The second kappa shape index (κ2) is 8.26. The number of thiazole rings is 1. The molecule has 1 fully saturated rings. The number of amides is 1. The van der Waals surface area contributed by atoms with Crippen LogP contribution in [0.25, 0.3) is 10.6 Å². The van der Waals surface area contributed by atoms with Crippen molar-refractivity contribution >= 4 is 17.2 Å². The molecule has 1 amide bonds. The summed E-state index contributed by atoms with van der Waals surface area (Å²) in [6, 6.07) is 3.90. The molecule has 4 rings (SSSR count). The predicted molar refractivity (Wildman–Crippen MR) is 105 cm³/mol. The Bertz CT molecular complexity index is 941. The average Bonchev–Trinajstić information content (AvgIpc) is 3.44. The summed E-state index contributed by atoms with van der Waals surface area (Å²) in [7, 11) is 1.85. The van der Waals surface area contributed by atoms with Crippen LogP contribution >= 0.6 is 11.3 Å². The van der Waals surface area contributed by atoms with Crippen molar-refractivity contribution in [2.75, 3.05) is 32.8 Å². The first kappa shape index (κ1) is 18.9. The molecule has 1 aliphatic heterocycles. The summed E-state index contributed by atoms with van der Waals surface area (Å²) in [5.74, 6) is 1.53. The smallest absolute Gasteiger partial charge is 0.270 e. The van der Waals surface area contributed by atoms with Gasteiger partial charge in [-0.3, -0.25) is 14.4 Å². The second-order valence-corrected chi connectivity index (χ2v) is 7.62. The summed E-state index contributed by atoms with van der Waals surface area (Å²) in [4.78, 5) is 19.4. The summed E-state index contributed by atoms with van der Waals surface area (Å²) in [5.41, 5.74) is 1.32. The Morgan fingerprint density at radius 1 is 1.36 bits per heavy atom. The van der Waals surface area contributed by atoms with Crippen LogP contribution in [0, 0.1) is 6.92 Å². The normalized spacial score (nSPS) is 16.2. The SMILES string of the molecule is Cc1ccc(C(CNC(=O)c2csc(-c3cnn(C)c3)n2)N2CCOCC2)o1. The number of ether oxygens (including phenoxy) is 1. The monoisotopic (exact) mass is 401 g/mol. The number of hydrogen-bond acceptors (Lipinski definition) is 7. The van der Waals surface area contributed by atoms with Gasteiger partial charge in [0, 0.05) is 43.8 Å². The van der Waals surface area contributed by atoms with Gasteiger partial charge in [0.15, 0.2) is 0 Å². The van der Waals surface area contributed by atoms with Crippen molar-refractivity contribution < 1.29 is 13.9 Å². The van der Waals surface area contributed by atoms with Gasteiger partial charge in [-0.15, -0.1) is 11.3 Å². The Morgan fingerprint density at radius 2 is 2.18 bits per heavy atom. The van der Waals surface area contributed by atoms with Crippen molar-refractivity contribution in [2.24, 2.45) is 7.05 Å². The minimum absolute atomic E-state index is 0.0296. The third kappa shape index (κ3) is 4.16. The van der Waals surface area contributed by atoms with Crippen molar-refractivity contribution in [3.05, 3.63) is 47.1 Å². The number of rotatable bonds is 6. The summed E-state index contributed by atoms with van der Waals surface area (Å²) in [6.45, 7) is 5.36. The first-order chi connectivity index (χ1) is 13.6. The lowest BCUT2D eigenvalue weighted by molar-refractivity contribution is 0.0117. The Labute approximate surface area is 167 Å². The lowest BCUT2D eigenvalue weighted by Gasteiger charge is -2.33.